The molecule has 14 heavy (non-hydrogen) atoms. The van der Waals surface area contributed by atoms with Gasteiger partial charge in [-0.25, -0.2) is 4.39 Å². The van der Waals surface area contributed by atoms with Crippen molar-refractivity contribution in [2.75, 3.05) is 13.6 Å². The fourth-order valence-electron chi connectivity index (χ4n) is 1.32. The maximum Gasteiger partial charge on any atom is 0.125 e. The Morgan fingerprint density at radius 3 is 2.79 bits per heavy atom. The Bertz CT molecular complexity index is 330. The van der Waals surface area contributed by atoms with Crippen molar-refractivity contribution in [1.29, 1.82) is 0 Å². The third-order valence-corrected chi connectivity index (χ3v) is 2.50. The van der Waals surface area contributed by atoms with Crippen molar-refractivity contribution in [2.24, 2.45) is 0 Å². The summed E-state index contributed by atoms with van der Waals surface area (Å²) >= 11 is 5.79. The van der Waals surface area contributed by atoms with Gasteiger partial charge in [0.2, 0.25) is 0 Å². The van der Waals surface area contributed by atoms with Crippen molar-refractivity contribution in [3.63, 3.8) is 0 Å². The average Bonchev–Trinajstić information content (AvgIpc) is 2.11. The van der Waals surface area contributed by atoms with Crippen LogP contribution in [0, 0.1) is 12.7 Å². The minimum absolute atomic E-state index is 0.343. The van der Waals surface area contributed by atoms with E-state index in [1.807, 2.05) is 0 Å². The molecule has 78 valence electrons. The lowest BCUT2D eigenvalue weighted by Crippen LogP contribution is -2.17. The molecule has 0 bridgehead atoms. The Balaban J connectivity index is 3.07. The highest BCUT2D eigenvalue weighted by atomic mass is 35.5. The van der Waals surface area contributed by atoms with Crippen molar-refractivity contribution < 1.29 is 9.50 Å². The molecule has 0 aliphatic carbocycles. The summed E-state index contributed by atoms with van der Waals surface area (Å²) in [6, 6.07) is 2.55. The summed E-state index contributed by atoms with van der Waals surface area (Å²) in [7, 11) is 1.72. The van der Waals surface area contributed by atoms with Crippen LogP contribution in [0.4, 0.5) is 4.39 Å². The Labute approximate surface area is 87.7 Å². The number of hydrogen-bond acceptors (Lipinski definition) is 2. The zero-order valence-corrected chi connectivity index (χ0v) is 8.90. The standard InChI is InChI=1S/C10H13ClFNO/c1-6-8(10(14)5-13-2)3-7(12)4-9(6)11/h3-4,10,13-14H,5H2,1-2H3. The van der Waals surface area contributed by atoms with Crippen molar-refractivity contribution in [3.8, 4) is 0 Å². The summed E-state index contributed by atoms with van der Waals surface area (Å²) in [5.74, 6) is -0.425. The van der Waals surface area contributed by atoms with Crippen LogP contribution in [0.5, 0.6) is 0 Å². The number of likely N-dealkylation sites (N-methyl/N-ethyl adjacent to an activating group) is 1. The number of hydrogen-bond donors (Lipinski definition) is 2. The second kappa shape index (κ2) is 4.73. The molecule has 1 rings (SSSR count). The van der Waals surface area contributed by atoms with E-state index in [-0.39, 0.29) is 0 Å². The van der Waals surface area contributed by atoms with Gasteiger partial charge >= 0.3 is 0 Å². The molecule has 4 heteroatoms. The number of halogens is 2. The second-order valence-electron chi connectivity index (χ2n) is 3.18. The summed E-state index contributed by atoms with van der Waals surface area (Å²) in [5.41, 5.74) is 1.25. The van der Waals surface area contributed by atoms with Crippen molar-refractivity contribution in [2.45, 2.75) is 13.0 Å². The lowest BCUT2D eigenvalue weighted by atomic mass is 10.0. The first-order valence-electron chi connectivity index (χ1n) is 4.34. The third-order valence-electron chi connectivity index (χ3n) is 2.11. The van der Waals surface area contributed by atoms with Gasteiger partial charge in [-0.3, -0.25) is 0 Å². The van der Waals surface area contributed by atoms with Gasteiger partial charge in [0.25, 0.3) is 0 Å². The Kier molecular flexibility index (Phi) is 3.86. The first-order chi connectivity index (χ1) is 6.56. The van der Waals surface area contributed by atoms with Gasteiger partial charge in [0, 0.05) is 11.6 Å². The minimum Gasteiger partial charge on any atom is -0.387 e. The quantitative estimate of drug-likeness (QED) is 0.812. The third kappa shape index (κ3) is 2.44. The van der Waals surface area contributed by atoms with Gasteiger partial charge in [-0.1, -0.05) is 11.6 Å². The summed E-state index contributed by atoms with van der Waals surface area (Å²) in [4.78, 5) is 0. The van der Waals surface area contributed by atoms with Gasteiger partial charge in [-0.05, 0) is 37.2 Å². The van der Waals surface area contributed by atoms with Gasteiger partial charge in [0.15, 0.2) is 0 Å². The van der Waals surface area contributed by atoms with Crippen molar-refractivity contribution >= 4 is 11.6 Å². The number of rotatable bonds is 3. The predicted octanol–water partition coefficient (Wildman–Crippen LogP) is 2.04. The van der Waals surface area contributed by atoms with Gasteiger partial charge < -0.3 is 10.4 Å². The SMILES string of the molecule is CNCC(O)c1cc(F)cc(Cl)c1C. The summed E-state index contributed by atoms with van der Waals surface area (Å²) in [6.07, 6.45) is -0.729. The van der Waals surface area contributed by atoms with Crippen LogP contribution in [0.25, 0.3) is 0 Å². The fourth-order valence-corrected chi connectivity index (χ4v) is 1.53. The maximum atomic E-state index is 13.0. The normalized spacial score (nSPS) is 12.9. The lowest BCUT2D eigenvalue weighted by molar-refractivity contribution is 0.176. The molecule has 0 amide bonds. The largest absolute Gasteiger partial charge is 0.387 e. The monoisotopic (exact) mass is 217 g/mol. The topological polar surface area (TPSA) is 32.3 Å². The van der Waals surface area contributed by atoms with Crippen LogP contribution in [0.2, 0.25) is 5.02 Å². The predicted molar refractivity (Wildman–Crippen MR) is 55.0 cm³/mol. The van der Waals surface area contributed by atoms with E-state index >= 15 is 0 Å². The zero-order chi connectivity index (χ0) is 10.7. The van der Waals surface area contributed by atoms with Crippen LogP contribution in [-0.2, 0) is 0 Å². The average molecular weight is 218 g/mol. The van der Waals surface area contributed by atoms with Crippen LogP contribution in [0.3, 0.4) is 0 Å². The molecule has 1 aromatic carbocycles. The first-order valence-corrected chi connectivity index (χ1v) is 4.72. The van der Waals surface area contributed by atoms with Gasteiger partial charge in [-0.2, -0.15) is 0 Å². The Morgan fingerprint density at radius 2 is 2.21 bits per heavy atom. The number of nitrogens with one attached hydrogen (secondary N) is 1. The molecule has 0 aliphatic rings. The number of aliphatic hydroxyl groups excluding tert-OH is 1. The molecule has 1 atom stereocenters. The first kappa shape index (κ1) is 11.4. The summed E-state index contributed by atoms with van der Waals surface area (Å²) in [5, 5.41) is 12.8. The second-order valence-corrected chi connectivity index (χ2v) is 3.58. The van der Waals surface area contributed by atoms with E-state index in [1.165, 1.54) is 12.1 Å². The molecule has 0 aromatic heterocycles. The molecule has 0 radical (unpaired) electrons. The van der Waals surface area contributed by atoms with E-state index in [0.29, 0.717) is 17.1 Å². The smallest absolute Gasteiger partial charge is 0.125 e. The highest BCUT2D eigenvalue weighted by Gasteiger charge is 2.13. The van der Waals surface area contributed by atoms with Crippen molar-refractivity contribution in [3.05, 3.63) is 34.1 Å². The zero-order valence-electron chi connectivity index (χ0n) is 8.14. The molecule has 0 saturated heterocycles. The fraction of sp³-hybridized carbons (Fsp3) is 0.400. The summed E-state index contributed by atoms with van der Waals surface area (Å²) < 4.78 is 13.0. The molecule has 2 nitrogen and oxygen atoms in total. The molecular weight excluding hydrogens is 205 g/mol. The molecule has 1 unspecified atom stereocenters. The molecule has 1 aromatic rings. The number of benzene rings is 1. The van der Waals surface area contributed by atoms with Crippen LogP contribution in [-0.4, -0.2) is 18.7 Å². The lowest BCUT2D eigenvalue weighted by Gasteiger charge is -2.14. The van der Waals surface area contributed by atoms with Crippen LogP contribution < -0.4 is 5.32 Å². The van der Waals surface area contributed by atoms with Gasteiger partial charge in [0.1, 0.15) is 5.82 Å². The minimum atomic E-state index is -0.729. The Hall–Kier alpha value is -0.640. The van der Waals surface area contributed by atoms with E-state index in [0.717, 1.165) is 5.56 Å². The Morgan fingerprint density at radius 1 is 1.57 bits per heavy atom. The van der Waals surface area contributed by atoms with Gasteiger partial charge in [-0.15, -0.1) is 0 Å². The van der Waals surface area contributed by atoms with E-state index in [1.54, 1.807) is 14.0 Å². The van der Waals surface area contributed by atoms with Gasteiger partial charge in [0.05, 0.1) is 6.10 Å². The number of aliphatic hydroxyl groups is 1. The molecule has 0 heterocycles. The molecule has 0 aliphatic heterocycles. The maximum absolute atomic E-state index is 13.0. The van der Waals surface area contributed by atoms with E-state index in [2.05, 4.69) is 5.32 Å². The van der Waals surface area contributed by atoms with E-state index < -0.39 is 11.9 Å². The van der Waals surface area contributed by atoms with Crippen LogP contribution in [0.1, 0.15) is 17.2 Å². The molecule has 0 spiro atoms. The van der Waals surface area contributed by atoms with E-state index in [9.17, 15) is 9.50 Å². The summed E-state index contributed by atoms with van der Waals surface area (Å²) in [6.45, 7) is 2.14. The van der Waals surface area contributed by atoms with E-state index in [4.69, 9.17) is 11.6 Å². The molecule has 0 fully saturated rings. The molecule has 0 saturated carbocycles. The highest BCUT2D eigenvalue weighted by Crippen LogP contribution is 2.25. The molecule has 2 N–H and O–H groups in total. The van der Waals surface area contributed by atoms with Crippen molar-refractivity contribution in [1.82, 2.24) is 5.32 Å². The van der Waals surface area contributed by atoms with Crippen LogP contribution in [0.15, 0.2) is 12.1 Å². The van der Waals surface area contributed by atoms with Crippen LogP contribution >= 0.6 is 11.6 Å². The highest BCUT2D eigenvalue weighted by molar-refractivity contribution is 6.31. The molecular formula is C10H13ClFNO.